The van der Waals surface area contributed by atoms with Crippen molar-refractivity contribution in [1.29, 1.82) is 0 Å². The van der Waals surface area contributed by atoms with E-state index in [0.717, 1.165) is 24.0 Å². The molecule has 1 saturated heterocycles. The molecule has 5 nitrogen and oxygen atoms in total. The van der Waals surface area contributed by atoms with Crippen LogP contribution in [-0.4, -0.2) is 46.3 Å². The van der Waals surface area contributed by atoms with Crippen molar-refractivity contribution in [3.05, 3.63) is 39.6 Å². The maximum atomic E-state index is 12.6. The zero-order chi connectivity index (χ0) is 17.3. The monoisotopic (exact) mass is 384 g/mol. The molecule has 0 spiro atoms. The second-order valence-electron chi connectivity index (χ2n) is 6.03. The molecular formula is C16H18Cl2N4OS. The average molecular weight is 385 g/mol. The van der Waals surface area contributed by atoms with Gasteiger partial charge in [0.05, 0.1) is 0 Å². The molecule has 0 radical (unpaired) electrons. The van der Waals surface area contributed by atoms with Crippen LogP contribution in [0.1, 0.15) is 35.9 Å². The first kappa shape index (κ1) is 17.5. The molecule has 1 aliphatic heterocycles. The molecule has 0 saturated carbocycles. The molecule has 1 aromatic carbocycles. The minimum atomic E-state index is -0.0424. The van der Waals surface area contributed by atoms with Crippen molar-refractivity contribution in [2.45, 2.75) is 19.8 Å². The molecule has 0 bridgehead atoms. The predicted molar refractivity (Wildman–Crippen MR) is 98.6 cm³/mol. The van der Waals surface area contributed by atoms with Gasteiger partial charge in [0.1, 0.15) is 5.82 Å². The van der Waals surface area contributed by atoms with Crippen LogP contribution in [0.4, 0.5) is 5.13 Å². The van der Waals surface area contributed by atoms with Gasteiger partial charge in [-0.3, -0.25) is 4.79 Å². The third-order valence-corrected chi connectivity index (χ3v) is 5.12. The lowest BCUT2D eigenvalue weighted by Crippen LogP contribution is -2.48. The minimum Gasteiger partial charge on any atom is -0.343 e. The van der Waals surface area contributed by atoms with Gasteiger partial charge in [0.25, 0.3) is 5.91 Å². The van der Waals surface area contributed by atoms with Gasteiger partial charge < -0.3 is 9.80 Å². The van der Waals surface area contributed by atoms with Gasteiger partial charge in [-0.2, -0.15) is 4.37 Å². The summed E-state index contributed by atoms with van der Waals surface area (Å²) in [6.45, 7) is 6.93. The van der Waals surface area contributed by atoms with E-state index in [1.54, 1.807) is 18.2 Å². The van der Waals surface area contributed by atoms with Crippen LogP contribution >= 0.6 is 34.7 Å². The highest BCUT2D eigenvalue weighted by molar-refractivity contribution is 7.09. The highest BCUT2D eigenvalue weighted by Gasteiger charge is 2.24. The maximum absolute atomic E-state index is 12.6. The van der Waals surface area contributed by atoms with E-state index in [0.29, 0.717) is 34.6 Å². The number of aromatic nitrogens is 2. The number of benzene rings is 1. The molecule has 1 fully saturated rings. The molecule has 1 amide bonds. The average Bonchev–Trinajstić information content (AvgIpc) is 3.03. The van der Waals surface area contributed by atoms with E-state index < -0.39 is 0 Å². The number of hydrogen-bond donors (Lipinski definition) is 0. The molecule has 3 rings (SSSR count). The van der Waals surface area contributed by atoms with Gasteiger partial charge in [-0.1, -0.05) is 37.0 Å². The van der Waals surface area contributed by atoms with Gasteiger partial charge in [-0.05, 0) is 18.2 Å². The zero-order valence-corrected chi connectivity index (χ0v) is 15.8. The molecule has 1 aromatic heterocycles. The maximum Gasteiger partial charge on any atom is 0.254 e. The fourth-order valence-electron chi connectivity index (χ4n) is 2.55. The SMILES string of the molecule is CC(C)c1nsc(N2CCN(C(=O)c3cc(Cl)cc(Cl)c3)CC2)n1. The van der Waals surface area contributed by atoms with Crippen LogP contribution in [0.5, 0.6) is 0 Å². The second kappa shape index (κ2) is 7.25. The largest absolute Gasteiger partial charge is 0.343 e. The van der Waals surface area contributed by atoms with Crippen LogP contribution in [0.25, 0.3) is 0 Å². The summed E-state index contributed by atoms with van der Waals surface area (Å²) in [6.07, 6.45) is 0. The Hall–Kier alpha value is -1.37. The number of carbonyl (C=O) groups is 1. The molecule has 8 heteroatoms. The Balaban J connectivity index is 1.64. The molecular weight excluding hydrogens is 367 g/mol. The lowest BCUT2D eigenvalue weighted by Gasteiger charge is -2.34. The van der Waals surface area contributed by atoms with Gasteiger partial charge in [0.15, 0.2) is 0 Å². The Bertz CT molecular complexity index is 721. The van der Waals surface area contributed by atoms with Crippen molar-refractivity contribution in [2.24, 2.45) is 0 Å². The van der Waals surface area contributed by atoms with Crippen LogP contribution < -0.4 is 4.90 Å². The van der Waals surface area contributed by atoms with E-state index in [1.807, 2.05) is 4.90 Å². The van der Waals surface area contributed by atoms with Crippen molar-refractivity contribution < 1.29 is 4.79 Å². The van der Waals surface area contributed by atoms with E-state index in [4.69, 9.17) is 23.2 Å². The predicted octanol–water partition coefficient (Wildman–Crippen LogP) is 3.93. The van der Waals surface area contributed by atoms with E-state index >= 15 is 0 Å². The van der Waals surface area contributed by atoms with Crippen LogP contribution in [-0.2, 0) is 0 Å². The summed E-state index contributed by atoms with van der Waals surface area (Å²) in [6, 6.07) is 4.93. The first-order valence-electron chi connectivity index (χ1n) is 7.78. The normalized spacial score (nSPS) is 15.2. The number of piperazine rings is 1. The molecule has 128 valence electrons. The Morgan fingerprint density at radius 1 is 1.12 bits per heavy atom. The summed E-state index contributed by atoms with van der Waals surface area (Å²) in [4.78, 5) is 21.2. The topological polar surface area (TPSA) is 49.3 Å². The fourth-order valence-corrected chi connectivity index (χ4v) is 3.94. The van der Waals surface area contributed by atoms with Gasteiger partial charge in [0.2, 0.25) is 5.13 Å². The zero-order valence-electron chi connectivity index (χ0n) is 13.5. The molecule has 0 N–H and O–H groups in total. The van der Waals surface area contributed by atoms with Crippen LogP contribution in [0, 0.1) is 0 Å². The number of anilines is 1. The summed E-state index contributed by atoms with van der Waals surface area (Å²) in [5, 5.41) is 1.87. The van der Waals surface area contributed by atoms with Crippen LogP contribution in [0.2, 0.25) is 10.0 Å². The van der Waals surface area contributed by atoms with Crippen molar-refractivity contribution in [3.63, 3.8) is 0 Å². The fraction of sp³-hybridized carbons (Fsp3) is 0.438. The van der Waals surface area contributed by atoms with Crippen molar-refractivity contribution in [3.8, 4) is 0 Å². The molecule has 2 aromatic rings. The Morgan fingerprint density at radius 2 is 1.75 bits per heavy atom. The number of nitrogens with zero attached hydrogens (tertiary/aromatic N) is 4. The lowest BCUT2D eigenvalue weighted by atomic mass is 10.2. The van der Waals surface area contributed by atoms with Gasteiger partial charge in [-0.25, -0.2) is 4.98 Å². The Kier molecular flexibility index (Phi) is 5.27. The van der Waals surface area contributed by atoms with Gasteiger partial charge in [0, 0.05) is 59.2 Å². The summed E-state index contributed by atoms with van der Waals surface area (Å²) in [5.41, 5.74) is 0.527. The van der Waals surface area contributed by atoms with E-state index in [2.05, 4.69) is 28.1 Å². The number of rotatable bonds is 3. The molecule has 1 aliphatic rings. The highest BCUT2D eigenvalue weighted by Crippen LogP contribution is 2.24. The standard InChI is InChI=1S/C16H18Cl2N4OS/c1-10(2)14-19-16(24-20-14)22-5-3-21(4-6-22)15(23)11-7-12(17)9-13(18)8-11/h7-10H,3-6H2,1-2H3. The lowest BCUT2D eigenvalue weighted by molar-refractivity contribution is 0.0747. The molecule has 24 heavy (non-hydrogen) atoms. The van der Waals surface area contributed by atoms with Gasteiger partial charge >= 0.3 is 0 Å². The van der Waals surface area contributed by atoms with Crippen molar-refractivity contribution in [1.82, 2.24) is 14.3 Å². The number of hydrogen-bond acceptors (Lipinski definition) is 5. The van der Waals surface area contributed by atoms with Crippen LogP contribution in [0.15, 0.2) is 18.2 Å². The number of amides is 1. The minimum absolute atomic E-state index is 0.0424. The second-order valence-corrected chi connectivity index (χ2v) is 7.63. The summed E-state index contributed by atoms with van der Waals surface area (Å²) in [5.74, 6) is 1.16. The first-order valence-corrected chi connectivity index (χ1v) is 9.31. The molecule has 0 unspecified atom stereocenters. The third-order valence-electron chi connectivity index (χ3n) is 3.89. The smallest absolute Gasteiger partial charge is 0.254 e. The van der Waals surface area contributed by atoms with Crippen LogP contribution in [0.3, 0.4) is 0 Å². The first-order chi connectivity index (χ1) is 11.4. The van der Waals surface area contributed by atoms with Crippen molar-refractivity contribution >= 4 is 45.8 Å². The van der Waals surface area contributed by atoms with Gasteiger partial charge in [-0.15, -0.1) is 0 Å². The van der Waals surface area contributed by atoms with E-state index in [9.17, 15) is 4.79 Å². The highest BCUT2D eigenvalue weighted by atomic mass is 35.5. The Morgan fingerprint density at radius 3 is 2.29 bits per heavy atom. The molecule has 0 aliphatic carbocycles. The van der Waals surface area contributed by atoms with E-state index in [-0.39, 0.29) is 5.91 Å². The van der Waals surface area contributed by atoms with Crippen molar-refractivity contribution in [2.75, 3.05) is 31.1 Å². The number of halogens is 2. The summed E-state index contributed by atoms with van der Waals surface area (Å²) >= 11 is 13.4. The summed E-state index contributed by atoms with van der Waals surface area (Å²) in [7, 11) is 0. The number of carbonyl (C=O) groups excluding carboxylic acids is 1. The summed E-state index contributed by atoms with van der Waals surface area (Å²) < 4.78 is 4.39. The third kappa shape index (κ3) is 3.82. The molecule has 2 heterocycles. The van der Waals surface area contributed by atoms with E-state index in [1.165, 1.54) is 11.5 Å². The Labute approximate surface area is 155 Å². The quantitative estimate of drug-likeness (QED) is 0.803. The molecule has 0 atom stereocenters.